The van der Waals surface area contributed by atoms with Crippen molar-refractivity contribution in [3.8, 4) is 0 Å². The van der Waals surface area contributed by atoms with Crippen molar-refractivity contribution in [2.45, 2.75) is 38.9 Å². The number of piperazine rings is 1. The molecule has 0 spiro atoms. The van der Waals surface area contributed by atoms with Gasteiger partial charge in [0.15, 0.2) is 0 Å². The molecule has 1 aliphatic rings. The summed E-state index contributed by atoms with van der Waals surface area (Å²) < 4.78 is 0. The number of nitrogens with one attached hydrogen (secondary N) is 2. The lowest BCUT2D eigenvalue weighted by Crippen LogP contribution is -2.51. The predicted molar refractivity (Wildman–Crippen MR) is 84.5 cm³/mol. The van der Waals surface area contributed by atoms with E-state index in [1.54, 1.807) is 6.07 Å². The summed E-state index contributed by atoms with van der Waals surface area (Å²) in [7, 11) is 4.28. The number of nitrogens with zero attached hydrogens (tertiary/aromatic N) is 3. The van der Waals surface area contributed by atoms with Crippen LogP contribution in [0.2, 0.25) is 0 Å². The van der Waals surface area contributed by atoms with Crippen LogP contribution in [0.3, 0.4) is 0 Å². The maximum atomic E-state index is 11.8. The highest BCUT2D eigenvalue weighted by Crippen LogP contribution is 2.10. The van der Waals surface area contributed by atoms with Crippen molar-refractivity contribution in [1.29, 1.82) is 0 Å². The molecule has 1 aliphatic heterocycles. The van der Waals surface area contributed by atoms with Gasteiger partial charge in [0, 0.05) is 50.7 Å². The minimum atomic E-state index is -0.0626. The quantitative estimate of drug-likeness (QED) is 0.803. The van der Waals surface area contributed by atoms with Gasteiger partial charge in [0.05, 0.1) is 5.69 Å². The summed E-state index contributed by atoms with van der Waals surface area (Å²) in [5, 5.41) is 3.30. The van der Waals surface area contributed by atoms with Crippen molar-refractivity contribution in [2.24, 2.45) is 0 Å². The van der Waals surface area contributed by atoms with Crippen molar-refractivity contribution < 1.29 is 0 Å². The smallest absolute Gasteiger partial charge is 0.251 e. The van der Waals surface area contributed by atoms with Crippen LogP contribution in [-0.2, 0) is 13.0 Å². The zero-order valence-electron chi connectivity index (χ0n) is 13.5. The molecular formula is C15H27N5O. The van der Waals surface area contributed by atoms with E-state index >= 15 is 0 Å². The Labute approximate surface area is 126 Å². The molecular weight excluding hydrogens is 266 g/mol. The summed E-state index contributed by atoms with van der Waals surface area (Å²) >= 11 is 0. The van der Waals surface area contributed by atoms with Crippen LogP contribution in [0.4, 0.5) is 0 Å². The topological polar surface area (TPSA) is 64.3 Å². The van der Waals surface area contributed by atoms with E-state index in [-0.39, 0.29) is 5.56 Å². The largest absolute Gasteiger partial charge is 0.310 e. The van der Waals surface area contributed by atoms with Gasteiger partial charge in [-0.3, -0.25) is 4.79 Å². The average molecular weight is 293 g/mol. The predicted octanol–water partition coefficient (Wildman–Crippen LogP) is 0.0562. The fourth-order valence-electron chi connectivity index (χ4n) is 2.60. The summed E-state index contributed by atoms with van der Waals surface area (Å²) in [6.07, 6.45) is 0.783. The summed E-state index contributed by atoms with van der Waals surface area (Å²) in [5.74, 6) is 0.787. The summed E-state index contributed by atoms with van der Waals surface area (Å²) in [6, 6.07) is 2.36. The van der Waals surface area contributed by atoms with Gasteiger partial charge in [-0.2, -0.15) is 0 Å². The fourth-order valence-corrected chi connectivity index (χ4v) is 2.60. The second kappa shape index (κ2) is 7.15. The van der Waals surface area contributed by atoms with Gasteiger partial charge >= 0.3 is 0 Å². The normalized spacial score (nSPS) is 21.1. The highest BCUT2D eigenvalue weighted by molar-refractivity contribution is 5.04. The van der Waals surface area contributed by atoms with Crippen LogP contribution in [-0.4, -0.2) is 65.6 Å². The molecule has 1 fully saturated rings. The molecule has 0 radical (unpaired) electrons. The Morgan fingerprint density at radius 2 is 2.19 bits per heavy atom. The van der Waals surface area contributed by atoms with Gasteiger partial charge in [0.2, 0.25) is 0 Å². The molecule has 1 aromatic heterocycles. The number of hydrogen-bond acceptors (Lipinski definition) is 5. The van der Waals surface area contributed by atoms with E-state index in [4.69, 9.17) is 0 Å². The molecule has 118 valence electrons. The van der Waals surface area contributed by atoms with E-state index in [0.717, 1.165) is 37.6 Å². The third kappa shape index (κ3) is 4.91. The Morgan fingerprint density at radius 3 is 2.90 bits per heavy atom. The zero-order chi connectivity index (χ0) is 15.4. The second-order valence-electron chi connectivity index (χ2n) is 6.32. The molecule has 2 N–H and O–H groups in total. The van der Waals surface area contributed by atoms with E-state index < -0.39 is 0 Å². The number of likely N-dealkylation sites (N-methyl/N-ethyl adjacent to an activating group) is 2. The first kappa shape index (κ1) is 16.1. The Bertz CT molecular complexity index is 513. The molecule has 1 aromatic rings. The SMILES string of the molecule is CC(C)NCc1cc(=O)[nH]c(CC2CN(C)CCN2C)n1. The molecule has 0 amide bonds. The summed E-state index contributed by atoms with van der Waals surface area (Å²) in [5.41, 5.74) is 0.752. The number of rotatable bonds is 5. The third-order valence-electron chi connectivity index (χ3n) is 3.94. The Hall–Kier alpha value is -1.24. The molecule has 0 saturated carbocycles. The molecule has 1 unspecified atom stereocenters. The van der Waals surface area contributed by atoms with Gasteiger partial charge in [-0.05, 0) is 14.1 Å². The van der Waals surface area contributed by atoms with Crippen molar-refractivity contribution in [3.05, 3.63) is 27.9 Å². The van der Waals surface area contributed by atoms with Crippen LogP contribution < -0.4 is 10.9 Å². The average Bonchev–Trinajstić information content (AvgIpc) is 2.40. The van der Waals surface area contributed by atoms with E-state index in [1.165, 1.54) is 0 Å². The van der Waals surface area contributed by atoms with Crippen LogP contribution in [0.25, 0.3) is 0 Å². The van der Waals surface area contributed by atoms with Gasteiger partial charge in [-0.1, -0.05) is 13.8 Å². The number of H-pyrrole nitrogens is 1. The molecule has 0 aliphatic carbocycles. The lowest BCUT2D eigenvalue weighted by Gasteiger charge is -2.37. The zero-order valence-corrected chi connectivity index (χ0v) is 13.5. The maximum Gasteiger partial charge on any atom is 0.251 e. The first-order valence-electron chi connectivity index (χ1n) is 7.65. The summed E-state index contributed by atoms with van der Waals surface area (Å²) in [4.78, 5) is 23.9. The van der Waals surface area contributed by atoms with Crippen molar-refractivity contribution in [3.63, 3.8) is 0 Å². The number of hydrogen-bond donors (Lipinski definition) is 2. The monoisotopic (exact) mass is 293 g/mol. The van der Waals surface area contributed by atoms with Gasteiger partial charge < -0.3 is 20.1 Å². The molecule has 1 atom stereocenters. The molecule has 21 heavy (non-hydrogen) atoms. The minimum Gasteiger partial charge on any atom is -0.310 e. The molecule has 1 saturated heterocycles. The number of aromatic nitrogens is 2. The lowest BCUT2D eigenvalue weighted by molar-refractivity contribution is 0.113. The summed E-state index contributed by atoms with van der Waals surface area (Å²) in [6.45, 7) is 7.96. The van der Waals surface area contributed by atoms with Crippen LogP contribution in [0, 0.1) is 0 Å². The van der Waals surface area contributed by atoms with Crippen molar-refractivity contribution in [2.75, 3.05) is 33.7 Å². The van der Waals surface area contributed by atoms with Gasteiger partial charge in [0.1, 0.15) is 5.82 Å². The molecule has 2 rings (SSSR count). The van der Waals surface area contributed by atoms with Crippen LogP contribution in [0.15, 0.2) is 10.9 Å². The molecule has 0 bridgehead atoms. The molecule has 2 heterocycles. The van der Waals surface area contributed by atoms with Crippen molar-refractivity contribution in [1.82, 2.24) is 25.1 Å². The van der Waals surface area contributed by atoms with Crippen LogP contribution in [0.5, 0.6) is 0 Å². The highest BCUT2D eigenvalue weighted by atomic mass is 16.1. The highest BCUT2D eigenvalue weighted by Gasteiger charge is 2.23. The fraction of sp³-hybridized carbons (Fsp3) is 0.733. The molecule has 0 aromatic carbocycles. The van der Waals surface area contributed by atoms with Crippen LogP contribution >= 0.6 is 0 Å². The second-order valence-corrected chi connectivity index (χ2v) is 6.32. The van der Waals surface area contributed by atoms with Crippen LogP contribution in [0.1, 0.15) is 25.4 Å². The Balaban J connectivity index is 2.06. The Morgan fingerprint density at radius 1 is 1.43 bits per heavy atom. The van der Waals surface area contributed by atoms with Gasteiger partial charge in [-0.25, -0.2) is 4.98 Å². The first-order chi connectivity index (χ1) is 9.94. The molecule has 6 nitrogen and oxygen atoms in total. The minimum absolute atomic E-state index is 0.0626. The lowest BCUT2D eigenvalue weighted by atomic mass is 10.1. The van der Waals surface area contributed by atoms with E-state index in [2.05, 4.69) is 53.0 Å². The van der Waals surface area contributed by atoms with E-state index in [0.29, 0.717) is 18.6 Å². The van der Waals surface area contributed by atoms with Gasteiger partial charge in [-0.15, -0.1) is 0 Å². The van der Waals surface area contributed by atoms with E-state index in [1.807, 2.05) is 0 Å². The van der Waals surface area contributed by atoms with Gasteiger partial charge in [0.25, 0.3) is 5.56 Å². The first-order valence-corrected chi connectivity index (χ1v) is 7.65. The maximum absolute atomic E-state index is 11.8. The molecule has 6 heteroatoms. The third-order valence-corrected chi connectivity index (χ3v) is 3.94. The standard InChI is InChI=1S/C15H27N5O/c1-11(2)16-9-12-7-15(21)18-14(17-12)8-13-10-19(3)5-6-20(13)4/h7,11,13,16H,5-6,8-10H2,1-4H3,(H,17,18,21). The van der Waals surface area contributed by atoms with Crippen molar-refractivity contribution >= 4 is 0 Å². The Kier molecular flexibility index (Phi) is 5.50. The van der Waals surface area contributed by atoms with E-state index in [9.17, 15) is 4.79 Å². The number of aromatic amines is 1.